The smallest absolute Gasteiger partial charge is 0.274 e. The zero-order valence-electron chi connectivity index (χ0n) is 13.2. The fourth-order valence-electron chi connectivity index (χ4n) is 2.36. The predicted octanol–water partition coefficient (Wildman–Crippen LogP) is 5.65. The Balaban J connectivity index is 1.78. The van der Waals surface area contributed by atoms with E-state index in [1.54, 1.807) is 42.5 Å². The van der Waals surface area contributed by atoms with Gasteiger partial charge in [-0.15, -0.1) is 0 Å². The number of anilines is 1. The van der Waals surface area contributed by atoms with Crippen molar-refractivity contribution >= 4 is 23.0 Å². The van der Waals surface area contributed by atoms with Crippen LogP contribution >= 0.6 is 11.6 Å². The lowest BCUT2D eigenvalue weighted by molar-refractivity contribution is -0.385. The van der Waals surface area contributed by atoms with Crippen molar-refractivity contribution in [2.75, 3.05) is 5.32 Å². The number of halogens is 1. The molecule has 0 bridgehead atoms. The molecule has 0 aliphatic rings. The summed E-state index contributed by atoms with van der Waals surface area (Å²) in [6.07, 6.45) is 0. The Hall–Kier alpha value is -3.05. The van der Waals surface area contributed by atoms with Crippen molar-refractivity contribution in [2.45, 2.75) is 6.54 Å². The Morgan fingerprint density at radius 2 is 1.64 bits per heavy atom. The van der Waals surface area contributed by atoms with Crippen molar-refractivity contribution in [3.63, 3.8) is 0 Å². The summed E-state index contributed by atoms with van der Waals surface area (Å²) in [6, 6.07) is 21.1. The van der Waals surface area contributed by atoms with Crippen LogP contribution in [0.1, 0.15) is 5.56 Å². The highest BCUT2D eigenvalue weighted by Crippen LogP contribution is 2.30. The Bertz CT molecular complexity index is 882. The topological polar surface area (TPSA) is 64.4 Å². The molecule has 0 radical (unpaired) electrons. The van der Waals surface area contributed by atoms with Crippen LogP contribution in [0.2, 0.25) is 5.02 Å². The first kappa shape index (κ1) is 16.8. The minimum absolute atomic E-state index is 0.0890. The average Bonchev–Trinajstić information content (AvgIpc) is 2.63. The molecule has 0 fully saturated rings. The second-order valence-corrected chi connectivity index (χ2v) is 5.73. The molecule has 3 aromatic rings. The van der Waals surface area contributed by atoms with Gasteiger partial charge in [-0.05, 0) is 36.4 Å². The number of hydrogen-bond donors (Lipinski definition) is 1. The molecular weight excluding hydrogens is 340 g/mol. The van der Waals surface area contributed by atoms with E-state index in [9.17, 15) is 10.1 Å². The van der Waals surface area contributed by atoms with E-state index in [4.69, 9.17) is 16.3 Å². The first-order chi connectivity index (χ1) is 12.1. The van der Waals surface area contributed by atoms with E-state index in [-0.39, 0.29) is 10.6 Å². The van der Waals surface area contributed by atoms with Gasteiger partial charge < -0.3 is 10.1 Å². The van der Waals surface area contributed by atoms with E-state index in [0.717, 1.165) is 5.69 Å². The number of nitro benzene ring substituents is 1. The van der Waals surface area contributed by atoms with Gasteiger partial charge in [0.1, 0.15) is 5.75 Å². The lowest BCUT2D eigenvalue weighted by atomic mass is 10.1. The van der Waals surface area contributed by atoms with Crippen LogP contribution in [-0.2, 0) is 6.54 Å². The molecule has 0 unspecified atom stereocenters. The molecule has 126 valence electrons. The molecular formula is C19H15ClN2O3. The van der Waals surface area contributed by atoms with Crippen LogP contribution in [0.15, 0.2) is 72.8 Å². The van der Waals surface area contributed by atoms with E-state index >= 15 is 0 Å². The Labute approximate surface area is 150 Å². The Morgan fingerprint density at radius 3 is 2.40 bits per heavy atom. The molecule has 1 N–H and O–H groups in total. The van der Waals surface area contributed by atoms with Gasteiger partial charge in [-0.25, -0.2) is 0 Å². The fourth-order valence-corrected chi connectivity index (χ4v) is 2.49. The second-order valence-electron chi connectivity index (χ2n) is 5.29. The highest BCUT2D eigenvalue weighted by atomic mass is 35.5. The maximum absolute atomic E-state index is 11.1. The number of para-hydroxylation sites is 3. The molecule has 0 heterocycles. The summed E-state index contributed by atoms with van der Waals surface area (Å²) in [5, 5.41) is 14.9. The molecule has 0 aromatic heterocycles. The molecule has 5 nitrogen and oxygen atoms in total. The van der Waals surface area contributed by atoms with Gasteiger partial charge in [-0.2, -0.15) is 0 Å². The number of ether oxygens (including phenoxy) is 1. The quantitative estimate of drug-likeness (QED) is 0.458. The third kappa shape index (κ3) is 4.28. The van der Waals surface area contributed by atoms with Crippen LogP contribution in [0.25, 0.3) is 0 Å². The van der Waals surface area contributed by atoms with Crippen LogP contribution in [-0.4, -0.2) is 4.92 Å². The highest BCUT2D eigenvalue weighted by molar-refractivity contribution is 6.30. The minimum atomic E-state index is -0.382. The average molecular weight is 355 g/mol. The van der Waals surface area contributed by atoms with Gasteiger partial charge in [0.05, 0.1) is 10.6 Å². The second kappa shape index (κ2) is 7.68. The van der Waals surface area contributed by atoms with Gasteiger partial charge in [-0.3, -0.25) is 10.1 Å². The van der Waals surface area contributed by atoms with E-state index in [1.165, 1.54) is 6.07 Å². The first-order valence-corrected chi connectivity index (χ1v) is 8.00. The van der Waals surface area contributed by atoms with Crippen LogP contribution in [0.3, 0.4) is 0 Å². The zero-order valence-corrected chi connectivity index (χ0v) is 13.9. The third-order valence-corrected chi connectivity index (χ3v) is 3.84. The number of nitrogens with zero attached hydrogens (tertiary/aromatic N) is 1. The highest BCUT2D eigenvalue weighted by Gasteiger charge is 2.12. The molecule has 0 saturated heterocycles. The number of rotatable bonds is 6. The molecule has 0 amide bonds. The number of benzene rings is 3. The molecule has 6 heteroatoms. The van der Waals surface area contributed by atoms with Crippen molar-refractivity contribution in [2.24, 2.45) is 0 Å². The predicted molar refractivity (Wildman–Crippen MR) is 98.4 cm³/mol. The maximum Gasteiger partial charge on any atom is 0.274 e. The summed E-state index contributed by atoms with van der Waals surface area (Å²) >= 11 is 5.88. The SMILES string of the molecule is O=[N+]([O-])c1ccccc1CNc1ccccc1Oc1ccc(Cl)cc1. The normalized spacial score (nSPS) is 10.3. The maximum atomic E-state index is 11.1. The van der Waals surface area contributed by atoms with E-state index in [1.807, 2.05) is 24.3 Å². The van der Waals surface area contributed by atoms with Gasteiger partial charge in [0, 0.05) is 23.2 Å². The van der Waals surface area contributed by atoms with Crippen molar-refractivity contribution in [3.8, 4) is 11.5 Å². The van der Waals surface area contributed by atoms with Crippen LogP contribution in [0, 0.1) is 10.1 Å². The van der Waals surface area contributed by atoms with Gasteiger partial charge >= 0.3 is 0 Å². The third-order valence-electron chi connectivity index (χ3n) is 3.59. The van der Waals surface area contributed by atoms with E-state index in [0.29, 0.717) is 28.6 Å². The lowest BCUT2D eigenvalue weighted by Gasteiger charge is -2.13. The van der Waals surface area contributed by atoms with E-state index < -0.39 is 0 Å². The number of nitrogens with one attached hydrogen (secondary N) is 1. The fraction of sp³-hybridized carbons (Fsp3) is 0.0526. The van der Waals surface area contributed by atoms with Crippen molar-refractivity contribution in [1.82, 2.24) is 0 Å². The van der Waals surface area contributed by atoms with E-state index in [2.05, 4.69) is 5.32 Å². The number of hydrogen-bond acceptors (Lipinski definition) is 4. The van der Waals surface area contributed by atoms with Crippen molar-refractivity contribution < 1.29 is 9.66 Å². The summed E-state index contributed by atoms with van der Waals surface area (Å²) < 4.78 is 5.88. The molecule has 0 aliphatic carbocycles. The summed E-state index contributed by atoms with van der Waals surface area (Å²) in [6.45, 7) is 0.318. The van der Waals surface area contributed by atoms with Gasteiger partial charge in [0.15, 0.2) is 5.75 Å². The molecule has 0 aliphatic heterocycles. The van der Waals surface area contributed by atoms with Gasteiger partial charge in [0.25, 0.3) is 5.69 Å². The molecule has 3 aromatic carbocycles. The van der Waals surface area contributed by atoms with Crippen molar-refractivity contribution in [1.29, 1.82) is 0 Å². The minimum Gasteiger partial charge on any atom is -0.455 e. The summed E-state index contributed by atoms with van der Waals surface area (Å²) in [5.41, 5.74) is 1.44. The molecule has 0 spiro atoms. The zero-order chi connectivity index (χ0) is 17.6. The molecule has 3 rings (SSSR count). The van der Waals surface area contributed by atoms with Gasteiger partial charge in [0.2, 0.25) is 0 Å². The van der Waals surface area contributed by atoms with Crippen LogP contribution in [0.4, 0.5) is 11.4 Å². The standard InChI is InChI=1S/C19H15ClN2O3/c20-15-9-11-16(12-10-15)25-19-8-4-2-6-17(19)21-13-14-5-1-3-7-18(14)22(23)24/h1-12,21H,13H2. The Morgan fingerprint density at radius 1 is 0.960 bits per heavy atom. The lowest BCUT2D eigenvalue weighted by Crippen LogP contribution is -2.04. The summed E-state index contributed by atoms with van der Waals surface area (Å²) in [7, 11) is 0. The summed E-state index contributed by atoms with van der Waals surface area (Å²) in [5.74, 6) is 1.28. The molecule has 25 heavy (non-hydrogen) atoms. The van der Waals surface area contributed by atoms with Crippen LogP contribution in [0.5, 0.6) is 11.5 Å². The monoisotopic (exact) mass is 354 g/mol. The summed E-state index contributed by atoms with van der Waals surface area (Å²) in [4.78, 5) is 10.7. The molecule has 0 saturated carbocycles. The van der Waals surface area contributed by atoms with Gasteiger partial charge in [-0.1, -0.05) is 41.9 Å². The van der Waals surface area contributed by atoms with Crippen molar-refractivity contribution in [3.05, 3.63) is 93.5 Å². The first-order valence-electron chi connectivity index (χ1n) is 7.62. The molecule has 0 atom stereocenters. The number of nitro groups is 1. The van der Waals surface area contributed by atoms with Crippen LogP contribution < -0.4 is 10.1 Å². The largest absolute Gasteiger partial charge is 0.455 e. The Kier molecular flexibility index (Phi) is 5.16.